The van der Waals surface area contributed by atoms with E-state index in [2.05, 4.69) is 5.32 Å². The second kappa shape index (κ2) is 17.5. The molecule has 0 unspecified atom stereocenters. The second-order valence-electron chi connectivity index (χ2n) is 2.13. The zero-order valence-corrected chi connectivity index (χ0v) is 10.4. The molecule has 0 aliphatic heterocycles. The average Bonchev–Trinajstić information content (AvgIpc) is 2.25. The molecule has 0 aliphatic carbocycles. The highest BCUT2D eigenvalue weighted by molar-refractivity contribution is 5.78. The highest BCUT2D eigenvalue weighted by atomic mass is 16.1. The highest BCUT2D eigenvalue weighted by Gasteiger charge is 2.10. The van der Waals surface area contributed by atoms with Gasteiger partial charge < -0.3 is 5.32 Å². The van der Waals surface area contributed by atoms with Crippen LogP contribution in [0.4, 0.5) is 0 Å². The number of rotatable bonds is 3. The molecule has 0 radical (unpaired) electrons. The van der Waals surface area contributed by atoms with Crippen molar-refractivity contribution in [1.29, 1.82) is 0 Å². The van der Waals surface area contributed by atoms with E-state index < -0.39 is 0 Å². The zero-order chi connectivity index (χ0) is 11.3. The van der Waals surface area contributed by atoms with E-state index in [-0.39, 0.29) is 11.8 Å². The first-order chi connectivity index (χ1) is 6.26. The minimum atomic E-state index is 0.167. The summed E-state index contributed by atoms with van der Waals surface area (Å²) in [6, 6.07) is 0. The van der Waals surface area contributed by atoms with Crippen LogP contribution in [0.5, 0.6) is 0 Å². The lowest BCUT2D eigenvalue weighted by Crippen LogP contribution is -2.26. The maximum Gasteiger partial charge on any atom is 0.222 e. The van der Waals surface area contributed by atoms with Gasteiger partial charge >= 0.3 is 0 Å². The Hall–Kier alpha value is -0.530. The first-order valence-electron chi connectivity index (χ1n) is 5.47. The normalized spacial score (nSPS) is 7.69. The SMILES string of the molecule is CC.CC.CCC(CC)C(=O)NC. The standard InChI is InChI=1S/C7H15NO.2C2H6/c1-4-6(5-2)7(9)8-3;2*1-2/h6H,4-5H2,1-3H3,(H,8,9);2*1-2H3. The molecule has 0 saturated heterocycles. The fourth-order valence-corrected chi connectivity index (χ4v) is 0.864. The number of carbonyl (C=O) groups is 1. The Bertz CT molecular complexity index is 88.1. The van der Waals surface area contributed by atoms with Gasteiger partial charge in [0.25, 0.3) is 0 Å². The van der Waals surface area contributed by atoms with Gasteiger partial charge in [0.1, 0.15) is 0 Å². The van der Waals surface area contributed by atoms with Gasteiger partial charge in [0, 0.05) is 13.0 Å². The zero-order valence-electron chi connectivity index (χ0n) is 10.4. The Labute approximate surface area is 84.1 Å². The van der Waals surface area contributed by atoms with Crippen molar-refractivity contribution >= 4 is 5.91 Å². The smallest absolute Gasteiger partial charge is 0.222 e. The molecule has 1 N–H and O–H groups in total. The van der Waals surface area contributed by atoms with Gasteiger partial charge in [0.05, 0.1) is 0 Å². The monoisotopic (exact) mass is 189 g/mol. The van der Waals surface area contributed by atoms with Crippen LogP contribution in [0.25, 0.3) is 0 Å². The Morgan fingerprint density at radius 2 is 1.38 bits per heavy atom. The lowest BCUT2D eigenvalue weighted by molar-refractivity contribution is -0.124. The van der Waals surface area contributed by atoms with E-state index in [4.69, 9.17) is 0 Å². The molecule has 1 amide bonds. The van der Waals surface area contributed by atoms with E-state index in [1.54, 1.807) is 7.05 Å². The van der Waals surface area contributed by atoms with Gasteiger partial charge in [-0.05, 0) is 12.8 Å². The van der Waals surface area contributed by atoms with Crippen molar-refractivity contribution in [2.24, 2.45) is 5.92 Å². The van der Waals surface area contributed by atoms with Crippen LogP contribution in [-0.2, 0) is 4.79 Å². The van der Waals surface area contributed by atoms with E-state index in [9.17, 15) is 4.79 Å². The number of carbonyl (C=O) groups excluding carboxylic acids is 1. The first-order valence-corrected chi connectivity index (χ1v) is 5.47. The molecule has 0 fully saturated rings. The molecule has 0 spiro atoms. The van der Waals surface area contributed by atoms with Crippen molar-refractivity contribution in [1.82, 2.24) is 5.32 Å². The van der Waals surface area contributed by atoms with Crippen LogP contribution in [0.3, 0.4) is 0 Å². The van der Waals surface area contributed by atoms with E-state index in [1.807, 2.05) is 41.5 Å². The molecule has 0 aromatic rings. The molecule has 2 nitrogen and oxygen atoms in total. The molecule has 2 heteroatoms. The summed E-state index contributed by atoms with van der Waals surface area (Å²) in [7, 11) is 1.68. The average molecular weight is 189 g/mol. The molecular weight excluding hydrogens is 162 g/mol. The quantitative estimate of drug-likeness (QED) is 0.725. The largest absolute Gasteiger partial charge is 0.359 e. The third-order valence-corrected chi connectivity index (χ3v) is 1.60. The molecule has 0 aromatic carbocycles. The van der Waals surface area contributed by atoms with Crippen LogP contribution in [0, 0.1) is 5.92 Å². The summed E-state index contributed by atoms with van der Waals surface area (Å²) in [6.07, 6.45) is 1.88. The fraction of sp³-hybridized carbons (Fsp3) is 0.909. The van der Waals surface area contributed by atoms with Crippen LogP contribution >= 0.6 is 0 Å². The summed E-state index contributed by atoms with van der Waals surface area (Å²) in [5.74, 6) is 0.384. The van der Waals surface area contributed by atoms with Gasteiger partial charge in [-0.3, -0.25) is 4.79 Å². The van der Waals surface area contributed by atoms with Crippen LogP contribution in [-0.4, -0.2) is 13.0 Å². The molecule has 82 valence electrons. The second-order valence-corrected chi connectivity index (χ2v) is 2.13. The molecule has 0 atom stereocenters. The molecule has 0 heterocycles. The summed E-state index contributed by atoms with van der Waals surface area (Å²) in [4.78, 5) is 10.9. The molecule has 13 heavy (non-hydrogen) atoms. The van der Waals surface area contributed by atoms with Crippen molar-refractivity contribution in [3.05, 3.63) is 0 Å². The predicted octanol–water partition coefficient (Wildman–Crippen LogP) is 3.22. The van der Waals surface area contributed by atoms with Crippen LogP contribution < -0.4 is 5.32 Å². The van der Waals surface area contributed by atoms with Crippen molar-refractivity contribution in [3.63, 3.8) is 0 Å². The molecule has 0 aromatic heterocycles. The van der Waals surface area contributed by atoms with E-state index in [0.29, 0.717) is 0 Å². The number of hydrogen-bond acceptors (Lipinski definition) is 1. The van der Waals surface area contributed by atoms with Crippen LogP contribution in [0.1, 0.15) is 54.4 Å². The summed E-state index contributed by atoms with van der Waals surface area (Å²) >= 11 is 0. The molecule has 0 aliphatic rings. The van der Waals surface area contributed by atoms with Crippen LogP contribution in [0.15, 0.2) is 0 Å². The van der Waals surface area contributed by atoms with Gasteiger partial charge in [-0.1, -0.05) is 41.5 Å². The minimum Gasteiger partial charge on any atom is -0.359 e. The van der Waals surface area contributed by atoms with Crippen molar-refractivity contribution in [2.45, 2.75) is 54.4 Å². The Morgan fingerprint density at radius 3 is 1.46 bits per heavy atom. The molecular formula is C11H27NO. The third-order valence-electron chi connectivity index (χ3n) is 1.60. The lowest BCUT2D eigenvalue weighted by atomic mass is 10.0. The van der Waals surface area contributed by atoms with Gasteiger partial charge in [-0.25, -0.2) is 0 Å². The highest BCUT2D eigenvalue weighted by Crippen LogP contribution is 2.05. The van der Waals surface area contributed by atoms with Gasteiger partial charge in [0.15, 0.2) is 0 Å². The number of amides is 1. The Kier molecular flexibility index (Phi) is 24.7. The lowest BCUT2D eigenvalue weighted by Gasteiger charge is -2.08. The van der Waals surface area contributed by atoms with Gasteiger partial charge in [-0.15, -0.1) is 0 Å². The molecule has 0 bridgehead atoms. The maximum atomic E-state index is 10.9. The topological polar surface area (TPSA) is 29.1 Å². The van der Waals surface area contributed by atoms with E-state index in [1.165, 1.54) is 0 Å². The number of hydrogen-bond donors (Lipinski definition) is 1. The summed E-state index contributed by atoms with van der Waals surface area (Å²) < 4.78 is 0. The van der Waals surface area contributed by atoms with E-state index >= 15 is 0 Å². The van der Waals surface area contributed by atoms with Crippen LogP contribution in [0.2, 0.25) is 0 Å². The van der Waals surface area contributed by atoms with E-state index in [0.717, 1.165) is 12.8 Å². The third kappa shape index (κ3) is 11.5. The summed E-state index contributed by atoms with van der Waals surface area (Å²) in [6.45, 7) is 12.1. The first kappa shape index (κ1) is 18.3. The maximum absolute atomic E-state index is 10.9. The van der Waals surface area contributed by atoms with Crippen molar-refractivity contribution in [3.8, 4) is 0 Å². The fourth-order valence-electron chi connectivity index (χ4n) is 0.864. The number of nitrogens with one attached hydrogen (secondary N) is 1. The molecule has 0 rings (SSSR count). The van der Waals surface area contributed by atoms with Crippen molar-refractivity contribution in [2.75, 3.05) is 7.05 Å². The summed E-state index contributed by atoms with van der Waals surface area (Å²) in [5.41, 5.74) is 0. The van der Waals surface area contributed by atoms with Gasteiger partial charge in [-0.2, -0.15) is 0 Å². The predicted molar refractivity (Wildman–Crippen MR) is 60.8 cm³/mol. The molecule has 0 saturated carbocycles. The Balaban J connectivity index is -0.000000218. The van der Waals surface area contributed by atoms with Gasteiger partial charge in [0.2, 0.25) is 5.91 Å². The Morgan fingerprint density at radius 1 is 1.08 bits per heavy atom. The minimum absolute atomic E-state index is 0.167. The summed E-state index contributed by atoms with van der Waals surface area (Å²) in [5, 5.41) is 2.63. The van der Waals surface area contributed by atoms with Crippen molar-refractivity contribution < 1.29 is 4.79 Å².